The minimum Gasteiger partial charge on any atom is -0.394 e. The van der Waals surface area contributed by atoms with E-state index in [0.717, 1.165) is 48.1 Å². The summed E-state index contributed by atoms with van der Waals surface area (Å²) < 4.78 is 0. The lowest BCUT2D eigenvalue weighted by Crippen LogP contribution is -2.42. The lowest BCUT2D eigenvalue weighted by Gasteiger charge is -2.32. The van der Waals surface area contributed by atoms with Crippen LogP contribution < -0.4 is 32.1 Å². The number of amides is 2. The SMILES string of the molecule is Cc1ccc2c(c1C)CC[C@@H]2NC(=O)c1cc(C(=O)NCc2ccc3c(c2)N(c2c(N)c(=O)c2=O)CCC3)ncn1. The Kier molecular flexibility index (Phi) is 6.61. The third-order valence-electron chi connectivity index (χ3n) is 8.31. The number of nitrogens with one attached hydrogen (secondary N) is 2. The summed E-state index contributed by atoms with van der Waals surface area (Å²) in [5.41, 5.74) is 12.6. The molecule has 10 heteroatoms. The van der Waals surface area contributed by atoms with Crippen LogP contribution >= 0.6 is 0 Å². The smallest absolute Gasteiger partial charge is 0.270 e. The molecular formula is C31H30N6O4. The first-order valence-corrected chi connectivity index (χ1v) is 13.7. The van der Waals surface area contributed by atoms with Gasteiger partial charge < -0.3 is 21.3 Å². The van der Waals surface area contributed by atoms with E-state index in [-0.39, 0.29) is 41.3 Å². The van der Waals surface area contributed by atoms with Gasteiger partial charge in [-0.05, 0) is 79.0 Å². The van der Waals surface area contributed by atoms with Gasteiger partial charge in [0.05, 0.1) is 6.04 Å². The number of carbonyl (C=O) groups is 2. The maximum atomic E-state index is 13.0. The molecule has 1 aromatic heterocycles. The largest absolute Gasteiger partial charge is 0.394 e. The Morgan fingerprint density at radius 2 is 1.78 bits per heavy atom. The number of carbonyl (C=O) groups excluding carboxylic acids is 2. The van der Waals surface area contributed by atoms with Crippen LogP contribution in [0.25, 0.3) is 0 Å². The molecule has 1 aliphatic carbocycles. The topological polar surface area (TPSA) is 147 Å². The normalized spacial score (nSPS) is 15.9. The molecule has 2 heterocycles. The van der Waals surface area contributed by atoms with Crippen LogP contribution in [-0.2, 0) is 19.4 Å². The van der Waals surface area contributed by atoms with E-state index in [4.69, 9.17) is 5.73 Å². The summed E-state index contributed by atoms with van der Waals surface area (Å²) >= 11 is 0. The molecule has 10 nitrogen and oxygen atoms in total. The highest BCUT2D eigenvalue weighted by Crippen LogP contribution is 2.36. The van der Waals surface area contributed by atoms with E-state index in [9.17, 15) is 19.2 Å². The quantitative estimate of drug-likeness (QED) is 0.311. The van der Waals surface area contributed by atoms with Gasteiger partial charge in [0.25, 0.3) is 22.7 Å². The first kappa shape index (κ1) is 26.4. The van der Waals surface area contributed by atoms with Crippen LogP contribution in [0.15, 0.2) is 52.3 Å². The number of hydrogen-bond acceptors (Lipinski definition) is 8. The number of fused-ring (bicyclic) bond motifs is 2. The molecule has 6 rings (SSSR count). The minimum atomic E-state index is -0.647. The molecule has 3 aromatic carbocycles. The van der Waals surface area contributed by atoms with E-state index >= 15 is 0 Å². The van der Waals surface area contributed by atoms with Gasteiger partial charge in [-0.15, -0.1) is 0 Å². The van der Waals surface area contributed by atoms with E-state index in [0.29, 0.717) is 6.54 Å². The van der Waals surface area contributed by atoms with Crippen LogP contribution in [0.4, 0.5) is 17.1 Å². The molecule has 0 bridgehead atoms. The molecule has 0 radical (unpaired) electrons. The molecule has 2 aliphatic rings. The standard InChI is InChI=1S/C31H30N6O4/c1-16-5-8-21-20(17(16)2)9-10-22(21)36-31(41)24-13-23(34-15-35-24)30(40)33-14-18-6-7-19-4-3-11-37(25(19)12-18)27-26(32)28(38)29(27)39/h5-8,12-13,15,22H,3-4,9-11,14,32H2,1-2H3,(H,33,40)(H,36,41)/t22-/m0/s1. The fourth-order valence-electron chi connectivity index (χ4n) is 5.89. The van der Waals surface area contributed by atoms with E-state index in [1.54, 1.807) is 4.90 Å². The van der Waals surface area contributed by atoms with Gasteiger partial charge >= 0.3 is 0 Å². The van der Waals surface area contributed by atoms with Gasteiger partial charge in [0.15, 0.2) is 0 Å². The van der Waals surface area contributed by atoms with Crippen molar-refractivity contribution < 1.29 is 9.59 Å². The van der Waals surface area contributed by atoms with Gasteiger partial charge in [-0.2, -0.15) is 0 Å². The zero-order valence-corrected chi connectivity index (χ0v) is 22.9. The summed E-state index contributed by atoms with van der Waals surface area (Å²) in [7, 11) is 0. The summed E-state index contributed by atoms with van der Waals surface area (Å²) in [6, 6.07) is 11.2. The van der Waals surface area contributed by atoms with Gasteiger partial charge in [-0.25, -0.2) is 9.97 Å². The summed E-state index contributed by atoms with van der Waals surface area (Å²) in [5.74, 6) is -0.801. The molecule has 0 fully saturated rings. The molecule has 0 saturated heterocycles. The molecule has 208 valence electrons. The minimum absolute atomic E-state index is 0.00694. The van der Waals surface area contributed by atoms with Crippen LogP contribution in [0, 0.1) is 13.8 Å². The summed E-state index contributed by atoms with van der Waals surface area (Å²) in [6.45, 7) is 4.97. The maximum Gasteiger partial charge on any atom is 0.270 e. The Morgan fingerprint density at radius 1 is 1.00 bits per heavy atom. The van der Waals surface area contributed by atoms with Crippen LogP contribution in [0.5, 0.6) is 0 Å². The third kappa shape index (κ3) is 4.65. The molecule has 4 aromatic rings. The number of nitrogens with zero attached hydrogens (tertiary/aromatic N) is 3. The molecule has 1 atom stereocenters. The number of nitrogen functional groups attached to an aromatic ring is 1. The van der Waals surface area contributed by atoms with E-state index in [2.05, 4.69) is 46.6 Å². The van der Waals surface area contributed by atoms with Gasteiger partial charge in [0, 0.05) is 24.8 Å². The summed E-state index contributed by atoms with van der Waals surface area (Å²) in [6.07, 6.45) is 4.61. The average molecular weight is 551 g/mol. The number of benzene rings is 2. The highest BCUT2D eigenvalue weighted by Gasteiger charge is 2.29. The summed E-state index contributed by atoms with van der Waals surface area (Å²) in [5, 5.41) is 5.90. The first-order valence-electron chi connectivity index (χ1n) is 13.7. The Morgan fingerprint density at radius 3 is 2.56 bits per heavy atom. The monoisotopic (exact) mass is 550 g/mol. The predicted octanol–water partition coefficient (Wildman–Crippen LogP) is 2.70. The van der Waals surface area contributed by atoms with Crippen molar-refractivity contribution in [2.45, 2.75) is 52.1 Å². The van der Waals surface area contributed by atoms with Crippen molar-refractivity contribution >= 4 is 28.9 Å². The number of nitrogens with two attached hydrogens (primary N) is 1. The molecule has 0 saturated carbocycles. The summed E-state index contributed by atoms with van der Waals surface area (Å²) in [4.78, 5) is 59.8. The van der Waals surface area contributed by atoms with Gasteiger partial charge in [-0.1, -0.05) is 24.3 Å². The molecule has 0 spiro atoms. The Balaban J connectivity index is 1.13. The van der Waals surface area contributed by atoms with Gasteiger partial charge in [0.2, 0.25) is 0 Å². The van der Waals surface area contributed by atoms with E-state index < -0.39 is 16.8 Å². The van der Waals surface area contributed by atoms with Crippen molar-refractivity contribution in [1.29, 1.82) is 0 Å². The molecule has 1 aliphatic heterocycles. The lowest BCUT2D eigenvalue weighted by atomic mass is 9.97. The number of aryl methyl sites for hydroxylation is 2. The second-order valence-corrected chi connectivity index (χ2v) is 10.7. The predicted molar refractivity (Wildman–Crippen MR) is 155 cm³/mol. The van der Waals surface area contributed by atoms with E-state index in [1.807, 2.05) is 18.2 Å². The van der Waals surface area contributed by atoms with Crippen molar-refractivity contribution in [3.05, 3.63) is 108 Å². The van der Waals surface area contributed by atoms with Crippen molar-refractivity contribution in [3.63, 3.8) is 0 Å². The van der Waals surface area contributed by atoms with Crippen molar-refractivity contribution in [2.24, 2.45) is 0 Å². The second kappa shape index (κ2) is 10.3. The highest BCUT2D eigenvalue weighted by atomic mass is 16.2. The van der Waals surface area contributed by atoms with Crippen molar-refractivity contribution in [3.8, 4) is 0 Å². The fourth-order valence-corrected chi connectivity index (χ4v) is 5.89. The van der Waals surface area contributed by atoms with Crippen LogP contribution in [0.3, 0.4) is 0 Å². The number of hydrogen-bond donors (Lipinski definition) is 3. The number of rotatable bonds is 6. The second-order valence-electron chi connectivity index (χ2n) is 10.7. The maximum absolute atomic E-state index is 13.0. The van der Waals surface area contributed by atoms with Gasteiger partial charge in [0.1, 0.15) is 29.1 Å². The van der Waals surface area contributed by atoms with Crippen molar-refractivity contribution in [1.82, 2.24) is 20.6 Å². The van der Waals surface area contributed by atoms with Gasteiger partial charge in [-0.3, -0.25) is 19.2 Å². The zero-order valence-electron chi connectivity index (χ0n) is 22.9. The average Bonchev–Trinajstić information content (AvgIpc) is 3.40. The Hall–Kier alpha value is -4.86. The fraction of sp³-hybridized carbons (Fsp3) is 0.290. The lowest BCUT2D eigenvalue weighted by molar-refractivity contribution is 0.0931. The Labute approximate surface area is 236 Å². The Bertz CT molecular complexity index is 1790. The molecular weight excluding hydrogens is 520 g/mol. The molecule has 2 amide bonds. The van der Waals surface area contributed by atoms with Crippen molar-refractivity contribution in [2.75, 3.05) is 17.2 Å². The molecule has 41 heavy (non-hydrogen) atoms. The molecule has 0 unspecified atom stereocenters. The highest BCUT2D eigenvalue weighted by molar-refractivity contribution is 5.97. The number of aromatic nitrogens is 2. The van der Waals surface area contributed by atoms with E-state index in [1.165, 1.54) is 29.1 Å². The third-order valence-corrected chi connectivity index (χ3v) is 8.31. The van der Waals surface area contributed by atoms with Crippen LogP contribution in [0.1, 0.15) is 73.2 Å². The zero-order chi connectivity index (χ0) is 28.8. The van der Waals surface area contributed by atoms with Crippen LogP contribution in [0.2, 0.25) is 0 Å². The molecule has 4 N–H and O–H groups in total. The van der Waals surface area contributed by atoms with Crippen LogP contribution in [-0.4, -0.2) is 28.3 Å². The first-order chi connectivity index (χ1) is 19.7. The number of anilines is 3.